The lowest BCUT2D eigenvalue weighted by atomic mass is 9.98. The Labute approximate surface area is 178 Å². The number of aromatic nitrogens is 1. The summed E-state index contributed by atoms with van der Waals surface area (Å²) in [6, 6.07) is 7.29. The highest BCUT2D eigenvalue weighted by Crippen LogP contribution is 2.33. The number of nitrogens with zero attached hydrogens (tertiary/aromatic N) is 1. The molecule has 0 aliphatic carbocycles. The Morgan fingerprint density at radius 2 is 1.87 bits per heavy atom. The fourth-order valence-electron chi connectivity index (χ4n) is 3.53. The molecule has 2 aromatic carbocycles. The van der Waals surface area contributed by atoms with Gasteiger partial charge in [0, 0.05) is 11.5 Å². The highest BCUT2D eigenvalue weighted by molar-refractivity contribution is 7.90. The second kappa shape index (κ2) is 8.46. The number of nitro benzene ring substituents is 1. The van der Waals surface area contributed by atoms with Crippen LogP contribution in [0.1, 0.15) is 42.4 Å². The number of benzene rings is 2. The van der Waals surface area contributed by atoms with Crippen molar-refractivity contribution in [1.82, 2.24) is 9.71 Å². The molecular formula is C21H22FN3O5S. The highest BCUT2D eigenvalue weighted by atomic mass is 32.2. The number of fused-ring (bicyclic) bond motifs is 1. The third kappa shape index (κ3) is 4.58. The molecule has 0 unspecified atom stereocenters. The van der Waals surface area contributed by atoms with Crippen molar-refractivity contribution < 1.29 is 22.5 Å². The van der Waals surface area contributed by atoms with E-state index >= 15 is 0 Å². The number of nitrogens with one attached hydrogen (secondary N) is 2. The molecule has 1 amide bonds. The number of carbonyl (C=O) groups is 1. The van der Waals surface area contributed by atoms with Gasteiger partial charge < -0.3 is 4.98 Å². The number of sulfonamides is 1. The molecular weight excluding hydrogens is 425 g/mol. The van der Waals surface area contributed by atoms with E-state index in [0.717, 1.165) is 29.8 Å². The summed E-state index contributed by atoms with van der Waals surface area (Å²) < 4.78 is 40.1. The van der Waals surface area contributed by atoms with Gasteiger partial charge in [-0.05, 0) is 60.2 Å². The molecule has 164 valence electrons. The maximum Gasteiger partial charge on any atom is 0.293 e. The fraction of sp³-hybridized carbons (Fsp3) is 0.286. The lowest BCUT2D eigenvalue weighted by molar-refractivity contribution is -0.383. The number of halogens is 1. The number of aromatic amines is 1. The molecule has 0 aliphatic heterocycles. The number of rotatable bonds is 7. The Balaban J connectivity index is 2.09. The van der Waals surface area contributed by atoms with Gasteiger partial charge in [0.1, 0.15) is 17.0 Å². The van der Waals surface area contributed by atoms with Crippen LogP contribution in [-0.2, 0) is 22.9 Å². The SMILES string of the molecule is CCc1c(C(=O)NS(=O)(=O)c2ccc(F)cc2)[nH]c2c([N+](=O)[O-])cc(CC(C)C)cc12. The normalized spacial score (nSPS) is 11.8. The Morgan fingerprint density at radius 1 is 1.23 bits per heavy atom. The molecule has 2 N–H and O–H groups in total. The largest absolute Gasteiger partial charge is 0.345 e. The lowest BCUT2D eigenvalue weighted by Gasteiger charge is -2.07. The van der Waals surface area contributed by atoms with Crippen molar-refractivity contribution in [1.29, 1.82) is 0 Å². The van der Waals surface area contributed by atoms with Crippen LogP contribution in [0.3, 0.4) is 0 Å². The van der Waals surface area contributed by atoms with Crippen molar-refractivity contribution in [3.8, 4) is 0 Å². The Bertz CT molecular complexity index is 1260. The molecule has 10 heteroatoms. The summed E-state index contributed by atoms with van der Waals surface area (Å²) in [5.41, 5.74) is 1.17. The minimum absolute atomic E-state index is 0.0621. The standard InChI is InChI=1S/C21H22FN3O5S/c1-4-16-17-10-13(9-12(2)3)11-18(25(27)28)19(17)23-20(16)21(26)24-31(29,30)15-7-5-14(22)6-8-15/h5-8,10-12,23H,4,9H2,1-3H3,(H,24,26). The first kappa shape index (κ1) is 22.4. The maximum atomic E-state index is 13.1. The molecule has 0 saturated carbocycles. The van der Waals surface area contributed by atoms with Crippen LogP contribution >= 0.6 is 0 Å². The first-order valence-corrected chi connectivity index (χ1v) is 11.2. The molecule has 31 heavy (non-hydrogen) atoms. The predicted molar refractivity (Wildman–Crippen MR) is 114 cm³/mol. The van der Waals surface area contributed by atoms with Gasteiger partial charge in [-0.2, -0.15) is 0 Å². The van der Waals surface area contributed by atoms with Gasteiger partial charge in [-0.25, -0.2) is 17.5 Å². The average molecular weight is 447 g/mol. The summed E-state index contributed by atoms with van der Waals surface area (Å²) in [5, 5.41) is 12.1. The van der Waals surface area contributed by atoms with E-state index in [-0.39, 0.29) is 27.7 Å². The van der Waals surface area contributed by atoms with Gasteiger partial charge in [0.25, 0.3) is 21.6 Å². The van der Waals surface area contributed by atoms with Crippen LogP contribution in [0.2, 0.25) is 0 Å². The van der Waals surface area contributed by atoms with E-state index in [4.69, 9.17) is 0 Å². The fourth-order valence-corrected chi connectivity index (χ4v) is 4.49. The van der Waals surface area contributed by atoms with Crippen molar-refractivity contribution >= 4 is 32.5 Å². The van der Waals surface area contributed by atoms with Gasteiger partial charge in [0.15, 0.2) is 0 Å². The number of carbonyl (C=O) groups excluding carboxylic acids is 1. The van der Waals surface area contributed by atoms with Crippen molar-refractivity contribution in [3.05, 3.63) is 69.2 Å². The Morgan fingerprint density at radius 3 is 2.42 bits per heavy atom. The van der Waals surface area contributed by atoms with Crippen molar-refractivity contribution in [2.24, 2.45) is 5.92 Å². The van der Waals surface area contributed by atoms with Crippen LogP contribution in [-0.4, -0.2) is 24.2 Å². The molecule has 0 bridgehead atoms. The zero-order valence-corrected chi connectivity index (χ0v) is 18.0. The van der Waals surface area contributed by atoms with E-state index < -0.39 is 26.7 Å². The van der Waals surface area contributed by atoms with E-state index in [1.165, 1.54) is 6.07 Å². The molecule has 0 saturated heterocycles. The zero-order chi connectivity index (χ0) is 22.9. The summed E-state index contributed by atoms with van der Waals surface area (Å²) in [4.78, 5) is 26.4. The molecule has 0 atom stereocenters. The zero-order valence-electron chi connectivity index (χ0n) is 17.2. The van der Waals surface area contributed by atoms with Crippen LogP contribution in [0.15, 0.2) is 41.3 Å². The van der Waals surface area contributed by atoms with Crippen LogP contribution in [0.5, 0.6) is 0 Å². The monoisotopic (exact) mass is 447 g/mol. The number of nitro groups is 1. The first-order valence-electron chi connectivity index (χ1n) is 9.68. The molecule has 1 heterocycles. The molecule has 0 radical (unpaired) electrons. The smallest absolute Gasteiger partial charge is 0.293 e. The molecule has 3 aromatic rings. The van der Waals surface area contributed by atoms with Gasteiger partial charge in [0.2, 0.25) is 0 Å². The molecule has 3 rings (SSSR count). The Hall–Kier alpha value is -3.27. The number of hydrogen-bond acceptors (Lipinski definition) is 5. The van der Waals surface area contributed by atoms with E-state index in [1.54, 1.807) is 13.0 Å². The van der Waals surface area contributed by atoms with Crippen molar-refractivity contribution in [2.75, 3.05) is 0 Å². The summed E-state index contributed by atoms with van der Waals surface area (Å²) in [5.74, 6) is -1.29. The van der Waals surface area contributed by atoms with Crippen molar-refractivity contribution in [3.63, 3.8) is 0 Å². The third-order valence-electron chi connectivity index (χ3n) is 4.83. The van der Waals surface area contributed by atoms with Gasteiger partial charge in [-0.15, -0.1) is 0 Å². The van der Waals surface area contributed by atoms with Gasteiger partial charge in [-0.3, -0.25) is 14.9 Å². The lowest BCUT2D eigenvalue weighted by Crippen LogP contribution is -2.31. The van der Waals surface area contributed by atoms with Crippen LogP contribution in [0.4, 0.5) is 10.1 Å². The van der Waals surface area contributed by atoms with Crippen LogP contribution in [0, 0.1) is 21.8 Å². The van der Waals surface area contributed by atoms with Crippen LogP contribution < -0.4 is 4.72 Å². The minimum Gasteiger partial charge on any atom is -0.345 e. The first-order chi connectivity index (χ1) is 14.5. The number of amides is 1. The molecule has 0 spiro atoms. The van der Waals surface area contributed by atoms with Crippen molar-refractivity contribution in [2.45, 2.75) is 38.5 Å². The number of aryl methyl sites for hydroxylation is 1. The number of hydrogen-bond donors (Lipinski definition) is 2. The average Bonchev–Trinajstić information content (AvgIpc) is 3.05. The molecule has 8 nitrogen and oxygen atoms in total. The van der Waals surface area contributed by atoms with Crippen LogP contribution in [0.25, 0.3) is 10.9 Å². The maximum absolute atomic E-state index is 13.1. The molecule has 0 aliphatic rings. The highest BCUT2D eigenvalue weighted by Gasteiger charge is 2.26. The van der Waals surface area contributed by atoms with E-state index in [9.17, 15) is 27.7 Å². The van der Waals surface area contributed by atoms with Gasteiger partial charge >= 0.3 is 0 Å². The van der Waals surface area contributed by atoms with E-state index in [2.05, 4.69) is 4.98 Å². The number of non-ortho nitro benzene ring substituents is 1. The third-order valence-corrected chi connectivity index (χ3v) is 6.17. The Kier molecular flexibility index (Phi) is 6.12. The van der Waals surface area contributed by atoms with Gasteiger partial charge in [-0.1, -0.05) is 20.8 Å². The molecule has 1 aromatic heterocycles. The second-order valence-electron chi connectivity index (χ2n) is 7.61. The quantitative estimate of drug-likeness (QED) is 0.417. The summed E-state index contributed by atoms with van der Waals surface area (Å²) in [6.07, 6.45) is 0.966. The molecule has 0 fully saturated rings. The minimum atomic E-state index is -4.26. The van der Waals surface area contributed by atoms with E-state index in [0.29, 0.717) is 23.8 Å². The van der Waals surface area contributed by atoms with E-state index in [1.807, 2.05) is 18.6 Å². The summed E-state index contributed by atoms with van der Waals surface area (Å²) >= 11 is 0. The summed E-state index contributed by atoms with van der Waals surface area (Å²) in [6.45, 7) is 5.76. The summed E-state index contributed by atoms with van der Waals surface area (Å²) in [7, 11) is -4.26. The topological polar surface area (TPSA) is 122 Å². The second-order valence-corrected chi connectivity index (χ2v) is 9.30. The van der Waals surface area contributed by atoms with Gasteiger partial charge in [0.05, 0.1) is 9.82 Å². The predicted octanol–water partition coefficient (Wildman–Crippen LogP) is 4.09. The number of H-pyrrole nitrogens is 1.